The third-order valence-electron chi connectivity index (χ3n) is 4.63. The van der Waals surface area contributed by atoms with Crippen LogP contribution in [-0.2, 0) is 4.74 Å². The summed E-state index contributed by atoms with van der Waals surface area (Å²) >= 11 is 5.98. The Labute approximate surface area is 157 Å². The summed E-state index contributed by atoms with van der Waals surface area (Å²) in [6.45, 7) is 1.62. The molecule has 0 aliphatic carbocycles. The molecule has 1 aliphatic rings. The number of aromatic nitrogens is 2. The largest absolute Gasteiger partial charge is 0.496 e. The fraction of sp³-hybridized carbons (Fsp3) is 0.389. The van der Waals surface area contributed by atoms with Gasteiger partial charge in [0, 0.05) is 25.1 Å². The average molecular weight is 377 g/mol. The predicted molar refractivity (Wildman–Crippen MR) is 100.0 cm³/mol. The van der Waals surface area contributed by atoms with Gasteiger partial charge in [0.25, 0.3) is 0 Å². The van der Waals surface area contributed by atoms with Gasteiger partial charge in [-0.25, -0.2) is 4.79 Å². The van der Waals surface area contributed by atoms with Crippen LogP contribution in [0.1, 0.15) is 34.7 Å². The van der Waals surface area contributed by atoms with Crippen LogP contribution in [0.4, 0.5) is 11.5 Å². The third kappa shape index (κ3) is 3.67. The molecule has 0 bridgehead atoms. The van der Waals surface area contributed by atoms with Crippen molar-refractivity contribution in [3.63, 3.8) is 0 Å². The van der Waals surface area contributed by atoms with Crippen molar-refractivity contribution in [2.75, 3.05) is 37.9 Å². The fourth-order valence-electron chi connectivity index (χ4n) is 3.36. The SMILES string of the molecule is COC(=O)c1ccc([C@H]2CCCN(c3cc(Cl)nnc3N)C2)c(OC)c1. The Morgan fingerprint density at radius 1 is 1.31 bits per heavy atom. The first-order valence-electron chi connectivity index (χ1n) is 8.33. The van der Waals surface area contributed by atoms with Crippen molar-refractivity contribution < 1.29 is 14.3 Å². The zero-order chi connectivity index (χ0) is 18.7. The van der Waals surface area contributed by atoms with E-state index in [-0.39, 0.29) is 11.9 Å². The molecule has 0 saturated carbocycles. The summed E-state index contributed by atoms with van der Waals surface area (Å²) in [5.41, 5.74) is 8.29. The van der Waals surface area contributed by atoms with Gasteiger partial charge in [-0.2, -0.15) is 0 Å². The highest BCUT2D eigenvalue weighted by Gasteiger charge is 2.26. The number of nitrogens with zero attached hydrogens (tertiary/aromatic N) is 3. The number of nitrogens with two attached hydrogens (primary N) is 1. The molecule has 1 aromatic carbocycles. The summed E-state index contributed by atoms with van der Waals surface area (Å²) in [5, 5.41) is 7.99. The smallest absolute Gasteiger partial charge is 0.337 e. The molecule has 3 rings (SSSR count). The van der Waals surface area contributed by atoms with Crippen molar-refractivity contribution in [2.45, 2.75) is 18.8 Å². The van der Waals surface area contributed by atoms with E-state index in [1.807, 2.05) is 6.07 Å². The Morgan fingerprint density at radius 2 is 2.12 bits per heavy atom. The van der Waals surface area contributed by atoms with E-state index in [1.165, 1.54) is 7.11 Å². The van der Waals surface area contributed by atoms with Gasteiger partial charge in [0.05, 0.1) is 25.5 Å². The number of hydrogen-bond donors (Lipinski definition) is 1. The lowest BCUT2D eigenvalue weighted by molar-refractivity contribution is 0.0600. The van der Waals surface area contributed by atoms with Crippen molar-refractivity contribution in [3.05, 3.63) is 40.5 Å². The molecule has 0 amide bonds. The topological polar surface area (TPSA) is 90.6 Å². The van der Waals surface area contributed by atoms with E-state index in [0.717, 1.165) is 37.2 Å². The summed E-state index contributed by atoms with van der Waals surface area (Å²) < 4.78 is 10.3. The van der Waals surface area contributed by atoms with Crippen LogP contribution >= 0.6 is 11.6 Å². The van der Waals surface area contributed by atoms with Gasteiger partial charge in [-0.1, -0.05) is 17.7 Å². The number of methoxy groups -OCH3 is 2. The molecule has 8 heteroatoms. The number of esters is 1. The second-order valence-electron chi connectivity index (χ2n) is 6.17. The molecule has 26 heavy (non-hydrogen) atoms. The molecule has 2 heterocycles. The van der Waals surface area contributed by atoms with Crippen molar-refractivity contribution in [1.82, 2.24) is 10.2 Å². The number of ether oxygens (including phenoxy) is 2. The maximum absolute atomic E-state index is 11.8. The van der Waals surface area contributed by atoms with Crippen LogP contribution in [0, 0.1) is 0 Å². The van der Waals surface area contributed by atoms with Gasteiger partial charge in [0.15, 0.2) is 11.0 Å². The Morgan fingerprint density at radius 3 is 2.85 bits per heavy atom. The van der Waals surface area contributed by atoms with Gasteiger partial charge in [0.2, 0.25) is 0 Å². The standard InChI is InChI=1S/C18H21ClN4O3/c1-25-15-8-11(18(24)26-2)5-6-13(15)12-4-3-7-23(10-12)14-9-16(19)21-22-17(14)20/h5-6,8-9,12H,3-4,7,10H2,1-2H3,(H2,20,22)/t12-/m0/s1. The number of halogens is 1. The highest BCUT2D eigenvalue weighted by atomic mass is 35.5. The van der Waals surface area contributed by atoms with Crippen molar-refractivity contribution in [2.24, 2.45) is 0 Å². The molecule has 1 aromatic heterocycles. The van der Waals surface area contributed by atoms with E-state index in [9.17, 15) is 4.79 Å². The minimum Gasteiger partial charge on any atom is -0.496 e. The number of piperidine rings is 1. The zero-order valence-corrected chi connectivity index (χ0v) is 15.5. The lowest BCUT2D eigenvalue weighted by Gasteiger charge is -2.35. The van der Waals surface area contributed by atoms with Gasteiger partial charge in [-0.05, 0) is 30.5 Å². The number of hydrogen-bond acceptors (Lipinski definition) is 7. The number of rotatable bonds is 4. The first kappa shape index (κ1) is 18.3. The molecule has 0 radical (unpaired) electrons. The van der Waals surface area contributed by atoms with Crippen LogP contribution in [-0.4, -0.2) is 43.5 Å². The lowest BCUT2D eigenvalue weighted by atomic mass is 9.89. The van der Waals surface area contributed by atoms with E-state index in [2.05, 4.69) is 15.1 Å². The van der Waals surface area contributed by atoms with Crippen molar-refractivity contribution in [3.8, 4) is 5.75 Å². The summed E-state index contributed by atoms with van der Waals surface area (Å²) in [5.74, 6) is 0.892. The van der Waals surface area contributed by atoms with Gasteiger partial charge in [0.1, 0.15) is 5.75 Å². The van der Waals surface area contributed by atoms with Crippen LogP contribution in [0.5, 0.6) is 5.75 Å². The second kappa shape index (κ2) is 7.78. The predicted octanol–water partition coefficient (Wildman–Crippen LogP) is 2.89. The summed E-state index contributed by atoms with van der Waals surface area (Å²) in [6.07, 6.45) is 2.00. The molecule has 0 unspecified atom stereocenters. The molecular weight excluding hydrogens is 356 g/mol. The van der Waals surface area contributed by atoms with Gasteiger partial charge in [-0.15, -0.1) is 10.2 Å². The molecule has 1 aliphatic heterocycles. The van der Waals surface area contributed by atoms with E-state index in [4.69, 9.17) is 26.8 Å². The van der Waals surface area contributed by atoms with E-state index in [0.29, 0.717) is 22.3 Å². The van der Waals surface area contributed by atoms with Crippen molar-refractivity contribution in [1.29, 1.82) is 0 Å². The van der Waals surface area contributed by atoms with Gasteiger partial charge in [-0.3, -0.25) is 0 Å². The second-order valence-corrected chi connectivity index (χ2v) is 6.56. The summed E-state index contributed by atoms with van der Waals surface area (Å²) in [6, 6.07) is 7.16. The minimum absolute atomic E-state index is 0.233. The third-order valence-corrected chi connectivity index (χ3v) is 4.81. The van der Waals surface area contributed by atoms with Crippen LogP contribution in [0.3, 0.4) is 0 Å². The van der Waals surface area contributed by atoms with Crippen molar-refractivity contribution >= 4 is 29.1 Å². The van der Waals surface area contributed by atoms with E-state index >= 15 is 0 Å². The Kier molecular flexibility index (Phi) is 5.46. The maximum atomic E-state index is 11.8. The molecular formula is C18H21ClN4O3. The first-order chi connectivity index (χ1) is 12.5. The highest BCUT2D eigenvalue weighted by molar-refractivity contribution is 6.29. The van der Waals surface area contributed by atoms with Crippen LogP contribution in [0.2, 0.25) is 5.15 Å². The molecule has 1 atom stereocenters. The monoisotopic (exact) mass is 376 g/mol. The first-order valence-corrected chi connectivity index (χ1v) is 8.71. The average Bonchev–Trinajstić information content (AvgIpc) is 2.68. The zero-order valence-electron chi connectivity index (χ0n) is 14.7. The quantitative estimate of drug-likeness (QED) is 0.820. The lowest BCUT2D eigenvalue weighted by Crippen LogP contribution is -2.35. The fourth-order valence-corrected chi connectivity index (χ4v) is 3.51. The van der Waals surface area contributed by atoms with Crippen LogP contribution in [0.25, 0.3) is 0 Å². The molecule has 7 nitrogen and oxygen atoms in total. The van der Waals surface area contributed by atoms with Gasteiger partial charge < -0.3 is 20.1 Å². The summed E-state index contributed by atoms with van der Waals surface area (Å²) in [4.78, 5) is 13.9. The van der Waals surface area contributed by atoms with E-state index < -0.39 is 0 Å². The van der Waals surface area contributed by atoms with Crippen LogP contribution in [0.15, 0.2) is 24.3 Å². The number of nitrogen functional groups attached to an aromatic ring is 1. The minimum atomic E-state index is -0.384. The molecule has 1 fully saturated rings. The number of carbonyl (C=O) groups is 1. The van der Waals surface area contributed by atoms with Crippen LogP contribution < -0.4 is 15.4 Å². The number of carbonyl (C=O) groups excluding carboxylic acids is 1. The Hall–Kier alpha value is -2.54. The molecule has 0 spiro atoms. The molecule has 2 N–H and O–H groups in total. The number of benzene rings is 1. The maximum Gasteiger partial charge on any atom is 0.337 e. The van der Waals surface area contributed by atoms with Gasteiger partial charge >= 0.3 is 5.97 Å². The normalized spacial score (nSPS) is 17.0. The molecule has 2 aromatic rings. The Balaban J connectivity index is 1.87. The molecule has 1 saturated heterocycles. The highest BCUT2D eigenvalue weighted by Crippen LogP contribution is 2.36. The number of anilines is 2. The van der Waals surface area contributed by atoms with E-state index in [1.54, 1.807) is 25.3 Å². The molecule has 138 valence electrons. The summed E-state index contributed by atoms with van der Waals surface area (Å²) in [7, 11) is 2.96. The Bertz CT molecular complexity index is 815.